The molecule has 0 aliphatic rings. The molecule has 0 atom stereocenters. The lowest BCUT2D eigenvalue weighted by Gasteiger charge is -2.03. The normalized spacial score (nSPS) is 11.0. The van der Waals surface area contributed by atoms with Gasteiger partial charge in [-0.15, -0.1) is 0 Å². The van der Waals surface area contributed by atoms with E-state index in [4.69, 9.17) is 0 Å². The second-order valence-corrected chi connectivity index (χ2v) is 4.90. The van der Waals surface area contributed by atoms with Gasteiger partial charge < -0.3 is 0 Å². The average Bonchev–Trinajstić information content (AvgIpc) is 2.61. The van der Waals surface area contributed by atoms with E-state index in [1.165, 1.54) is 51.4 Å². The molecule has 98 valence electrons. The van der Waals surface area contributed by atoms with Crippen LogP contribution in [0.2, 0.25) is 0 Å². The Kier molecular flexibility index (Phi) is 6.90. The van der Waals surface area contributed by atoms with Crippen molar-refractivity contribution in [2.45, 2.75) is 78.7 Å². The fourth-order valence-electron chi connectivity index (χ4n) is 2.17. The number of rotatable bonds is 9. The molecule has 0 aliphatic carbocycles. The highest BCUT2D eigenvalue weighted by molar-refractivity contribution is 4.87. The van der Waals surface area contributed by atoms with Crippen LogP contribution in [0.3, 0.4) is 0 Å². The average molecular weight is 237 g/mol. The minimum atomic E-state index is 0.891. The topological polar surface area (TPSA) is 30.7 Å². The van der Waals surface area contributed by atoms with E-state index >= 15 is 0 Å². The molecule has 3 nitrogen and oxygen atoms in total. The number of hydrogen-bond donors (Lipinski definition) is 0. The van der Waals surface area contributed by atoms with Crippen LogP contribution in [-0.2, 0) is 6.54 Å². The second-order valence-electron chi connectivity index (χ2n) is 4.90. The number of unbranched alkanes of at least 4 members (excludes halogenated alkanes) is 7. The van der Waals surface area contributed by atoms with Gasteiger partial charge in [-0.05, 0) is 20.3 Å². The van der Waals surface area contributed by atoms with Crippen molar-refractivity contribution >= 4 is 0 Å². The Morgan fingerprint density at radius 2 is 1.47 bits per heavy atom. The Bertz CT molecular complexity index is 304. The Hall–Kier alpha value is -0.860. The summed E-state index contributed by atoms with van der Waals surface area (Å²) >= 11 is 0. The predicted molar refractivity (Wildman–Crippen MR) is 72.1 cm³/mol. The molecular formula is C14H27N3. The fourth-order valence-corrected chi connectivity index (χ4v) is 2.17. The summed E-state index contributed by atoms with van der Waals surface area (Å²) in [5.74, 6) is 1.94. The van der Waals surface area contributed by atoms with E-state index in [0.29, 0.717) is 0 Å². The van der Waals surface area contributed by atoms with Gasteiger partial charge in [0.1, 0.15) is 11.6 Å². The van der Waals surface area contributed by atoms with Gasteiger partial charge in [0.25, 0.3) is 0 Å². The van der Waals surface area contributed by atoms with Gasteiger partial charge in [-0.25, -0.2) is 4.98 Å². The number of hydrogen-bond acceptors (Lipinski definition) is 2. The van der Waals surface area contributed by atoms with Gasteiger partial charge in [0, 0.05) is 6.54 Å². The smallest absolute Gasteiger partial charge is 0.147 e. The first-order valence-corrected chi connectivity index (χ1v) is 7.12. The highest BCUT2D eigenvalue weighted by Crippen LogP contribution is 2.09. The lowest BCUT2D eigenvalue weighted by Crippen LogP contribution is -2.02. The van der Waals surface area contributed by atoms with E-state index < -0.39 is 0 Å². The Labute approximate surface area is 106 Å². The molecule has 0 saturated heterocycles. The minimum Gasteiger partial charge on any atom is -0.250 e. The van der Waals surface area contributed by atoms with Crippen LogP contribution in [0, 0.1) is 13.8 Å². The summed E-state index contributed by atoms with van der Waals surface area (Å²) in [6.45, 7) is 7.28. The first-order valence-electron chi connectivity index (χ1n) is 7.12. The van der Waals surface area contributed by atoms with Crippen molar-refractivity contribution in [3.8, 4) is 0 Å². The Morgan fingerprint density at radius 1 is 0.882 bits per heavy atom. The fraction of sp³-hybridized carbons (Fsp3) is 0.857. The summed E-state index contributed by atoms with van der Waals surface area (Å²) in [4.78, 5) is 4.31. The number of aryl methyl sites for hydroxylation is 3. The lowest BCUT2D eigenvalue weighted by atomic mass is 10.1. The van der Waals surface area contributed by atoms with Gasteiger partial charge in [0.15, 0.2) is 0 Å². The molecule has 0 fully saturated rings. The molecule has 0 radical (unpaired) electrons. The Morgan fingerprint density at radius 3 is 2.00 bits per heavy atom. The Balaban J connectivity index is 1.99. The van der Waals surface area contributed by atoms with Gasteiger partial charge in [-0.2, -0.15) is 5.10 Å². The van der Waals surface area contributed by atoms with Gasteiger partial charge >= 0.3 is 0 Å². The summed E-state index contributed by atoms with van der Waals surface area (Å²) in [7, 11) is 0. The van der Waals surface area contributed by atoms with Crippen molar-refractivity contribution in [1.29, 1.82) is 0 Å². The van der Waals surface area contributed by atoms with Crippen molar-refractivity contribution < 1.29 is 0 Å². The zero-order valence-corrected chi connectivity index (χ0v) is 11.7. The standard InChI is InChI=1S/C14H27N3/c1-4-5-6-7-8-9-10-11-12-17-14(3)15-13(2)16-17/h4-12H2,1-3H3. The van der Waals surface area contributed by atoms with Crippen LogP contribution in [0.25, 0.3) is 0 Å². The van der Waals surface area contributed by atoms with E-state index in [1.807, 2.05) is 18.5 Å². The summed E-state index contributed by atoms with van der Waals surface area (Å²) in [5, 5.41) is 4.37. The lowest BCUT2D eigenvalue weighted by molar-refractivity contribution is 0.511. The molecule has 0 saturated carbocycles. The van der Waals surface area contributed by atoms with Crippen LogP contribution < -0.4 is 0 Å². The third-order valence-electron chi connectivity index (χ3n) is 3.19. The van der Waals surface area contributed by atoms with Crippen LogP contribution in [0.5, 0.6) is 0 Å². The summed E-state index contributed by atoms with van der Waals surface area (Å²) in [5.41, 5.74) is 0. The molecule has 1 rings (SSSR count). The van der Waals surface area contributed by atoms with Crippen LogP contribution in [-0.4, -0.2) is 14.8 Å². The van der Waals surface area contributed by atoms with E-state index in [1.54, 1.807) is 0 Å². The number of aromatic nitrogens is 3. The number of nitrogens with zero attached hydrogens (tertiary/aromatic N) is 3. The van der Waals surface area contributed by atoms with E-state index in [0.717, 1.165) is 18.2 Å². The molecule has 0 spiro atoms. The van der Waals surface area contributed by atoms with Crippen molar-refractivity contribution in [2.75, 3.05) is 0 Å². The molecule has 3 heteroatoms. The maximum absolute atomic E-state index is 4.37. The summed E-state index contributed by atoms with van der Waals surface area (Å²) < 4.78 is 2.03. The zero-order valence-electron chi connectivity index (χ0n) is 11.7. The largest absolute Gasteiger partial charge is 0.250 e. The van der Waals surface area contributed by atoms with Gasteiger partial charge in [0.05, 0.1) is 0 Å². The van der Waals surface area contributed by atoms with Crippen molar-refractivity contribution in [3.63, 3.8) is 0 Å². The van der Waals surface area contributed by atoms with Crippen LogP contribution in [0.1, 0.15) is 69.9 Å². The molecular weight excluding hydrogens is 210 g/mol. The third kappa shape index (κ3) is 5.85. The summed E-state index contributed by atoms with van der Waals surface area (Å²) in [6, 6.07) is 0. The van der Waals surface area contributed by atoms with E-state index in [2.05, 4.69) is 17.0 Å². The maximum atomic E-state index is 4.37. The molecule has 0 aromatic carbocycles. The quantitative estimate of drug-likeness (QED) is 0.607. The highest BCUT2D eigenvalue weighted by Gasteiger charge is 2.01. The molecule has 17 heavy (non-hydrogen) atoms. The molecule has 1 aromatic heterocycles. The van der Waals surface area contributed by atoms with Crippen molar-refractivity contribution in [2.24, 2.45) is 0 Å². The van der Waals surface area contributed by atoms with Crippen LogP contribution in [0.4, 0.5) is 0 Å². The first kappa shape index (κ1) is 14.2. The van der Waals surface area contributed by atoms with E-state index in [-0.39, 0.29) is 0 Å². The molecule has 0 aliphatic heterocycles. The van der Waals surface area contributed by atoms with Crippen LogP contribution >= 0.6 is 0 Å². The molecule has 1 heterocycles. The summed E-state index contributed by atoms with van der Waals surface area (Å²) in [6.07, 6.45) is 10.9. The maximum Gasteiger partial charge on any atom is 0.147 e. The molecule has 0 amide bonds. The van der Waals surface area contributed by atoms with E-state index in [9.17, 15) is 0 Å². The SMILES string of the molecule is CCCCCCCCCCn1nc(C)nc1C. The molecule has 1 aromatic rings. The van der Waals surface area contributed by atoms with Gasteiger partial charge in [-0.1, -0.05) is 51.9 Å². The van der Waals surface area contributed by atoms with Gasteiger partial charge in [-0.3, -0.25) is 4.68 Å². The van der Waals surface area contributed by atoms with Crippen molar-refractivity contribution in [3.05, 3.63) is 11.6 Å². The van der Waals surface area contributed by atoms with Gasteiger partial charge in [0.2, 0.25) is 0 Å². The first-order chi connectivity index (χ1) is 8.24. The minimum absolute atomic E-state index is 0.891. The van der Waals surface area contributed by atoms with Crippen LogP contribution in [0.15, 0.2) is 0 Å². The highest BCUT2D eigenvalue weighted by atomic mass is 15.3. The second kappa shape index (κ2) is 8.26. The third-order valence-corrected chi connectivity index (χ3v) is 3.19. The predicted octanol–water partition coefficient (Wildman–Crippen LogP) is 4.04. The molecule has 0 N–H and O–H groups in total. The molecule has 0 unspecified atom stereocenters. The monoisotopic (exact) mass is 237 g/mol. The molecule has 0 bridgehead atoms. The zero-order chi connectivity index (χ0) is 12.5. The van der Waals surface area contributed by atoms with Crippen molar-refractivity contribution in [1.82, 2.24) is 14.8 Å².